The fraction of sp³-hybridized carbons (Fsp3) is 0.417. The summed E-state index contributed by atoms with van der Waals surface area (Å²) in [7, 11) is 0. The lowest BCUT2D eigenvalue weighted by molar-refractivity contribution is 0.561. The highest BCUT2D eigenvalue weighted by atomic mass is 32.1. The van der Waals surface area contributed by atoms with Crippen LogP contribution < -0.4 is 5.32 Å². The van der Waals surface area contributed by atoms with Gasteiger partial charge in [-0.1, -0.05) is 6.92 Å². The van der Waals surface area contributed by atoms with Crippen LogP contribution in [0.2, 0.25) is 0 Å². The van der Waals surface area contributed by atoms with E-state index < -0.39 is 0 Å². The molecule has 2 aromatic heterocycles. The van der Waals surface area contributed by atoms with Crippen molar-refractivity contribution in [3.05, 3.63) is 29.7 Å². The molecule has 0 aliphatic rings. The molecule has 2 rings (SSSR count). The van der Waals surface area contributed by atoms with Crippen LogP contribution >= 0.6 is 11.3 Å². The van der Waals surface area contributed by atoms with Gasteiger partial charge in [-0.3, -0.25) is 0 Å². The monoisotopic (exact) mass is 248 g/mol. The first-order valence-electron chi connectivity index (χ1n) is 5.76. The summed E-state index contributed by atoms with van der Waals surface area (Å²) in [5, 5.41) is 6.46. The maximum absolute atomic E-state index is 4.60. The van der Waals surface area contributed by atoms with Crippen LogP contribution in [0.15, 0.2) is 24.0 Å². The summed E-state index contributed by atoms with van der Waals surface area (Å²) < 4.78 is 0. The lowest BCUT2D eigenvalue weighted by Gasteiger charge is -2.09. The van der Waals surface area contributed by atoms with Gasteiger partial charge >= 0.3 is 0 Å². The average molecular weight is 248 g/mol. The Hall–Kier alpha value is -1.33. The summed E-state index contributed by atoms with van der Waals surface area (Å²) >= 11 is 1.62. The number of thiazole rings is 1. The first-order valence-corrected chi connectivity index (χ1v) is 6.64. The Labute approximate surface area is 105 Å². The van der Waals surface area contributed by atoms with Crippen molar-refractivity contribution in [3.63, 3.8) is 0 Å². The second-order valence-corrected chi connectivity index (χ2v) is 4.71. The van der Waals surface area contributed by atoms with E-state index in [1.807, 2.05) is 6.07 Å². The Morgan fingerprint density at radius 1 is 1.47 bits per heavy atom. The van der Waals surface area contributed by atoms with Crippen LogP contribution in [0, 0.1) is 0 Å². The topological polar surface area (TPSA) is 50.7 Å². The summed E-state index contributed by atoms with van der Waals surface area (Å²) in [6.45, 7) is 5.31. The Bertz CT molecular complexity index is 455. The SMILES string of the molecule is CCCNC(C)c1csc(-c2ccncn2)n1. The molecule has 0 radical (unpaired) electrons. The number of rotatable bonds is 5. The smallest absolute Gasteiger partial charge is 0.142 e. The van der Waals surface area contributed by atoms with Crippen LogP contribution in [0.25, 0.3) is 10.7 Å². The van der Waals surface area contributed by atoms with Gasteiger partial charge in [-0.2, -0.15) is 0 Å². The third-order valence-electron chi connectivity index (χ3n) is 2.47. The molecule has 2 heterocycles. The molecule has 0 saturated carbocycles. The minimum Gasteiger partial charge on any atom is -0.309 e. The fourth-order valence-electron chi connectivity index (χ4n) is 1.49. The molecule has 0 bridgehead atoms. The predicted octanol–water partition coefficient (Wildman–Crippen LogP) is 2.66. The maximum Gasteiger partial charge on any atom is 0.142 e. The molecule has 0 fully saturated rings. The van der Waals surface area contributed by atoms with Crippen LogP contribution in [-0.2, 0) is 0 Å². The summed E-state index contributed by atoms with van der Waals surface area (Å²) in [4.78, 5) is 12.7. The Morgan fingerprint density at radius 3 is 3.06 bits per heavy atom. The molecular formula is C12H16N4S. The zero-order valence-corrected chi connectivity index (χ0v) is 10.9. The zero-order chi connectivity index (χ0) is 12.1. The van der Waals surface area contributed by atoms with E-state index in [4.69, 9.17) is 0 Å². The molecule has 0 aromatic carbocycles. The molecule has 1 atom stereocenters. The van der Waals surface area contributed by atoms with Crippen LogP contribution in [0.4, 0.5) is 0 Å². The predicted molar refractivity (Wildman–Crippen MR) is 69.8 cm³/mol. The van der Waals surface area contributed by atoms with E-state index in [1.165, 1.54) is 0 Å². The van der Waals surface area contributed by atoms with Crippen LogP contribution in [0.3, 0.4) is 0 Å². The van der Waals surface area contributed by atoms with Crippen molar-refractivity contribution in [2.75, 3.05) is 6.54 Å². The molecule has 5 heteroatoms. The van der Waals surface area contributed by atoms with Gasteiger partial charge in [0.25, 0.3) is 0 Å². The minimum atomic E-state index is 0.293. The highest BCUT2D eigenvalue weighted by Crippen LogP contribution is 2.24. The Morgan fingerprint density at radius 2 is 2.35 bits per heavy atom. The molecule has 0 aliphatic heterocycles. The van der Waals surface area contributed by atoms with Gasteiger partial charge in [0.2, 0.25) is 0 Å². The molecule has 1 unspecified atom stereocenters. The number of hydrogen-bond donors (Lipinski definition) is 1. The molecule has 0 saturated heterocycles. The molecule has 2 aromatic rings. The first-order chi connectivity index (χ1) is 8.31. The largest absolute Gasteiger partial charge is 0.309 e. The van der Waals surface area contributed by atoms with Crippen molar-refractivity contribution in [3.8, 4) is 10.7 Å². The average Bonchev–Trinajstić information content (AvgIpc) is 2.86. The van der Waals surface area contributed by atoms with Gasteiger partial charge in [-0.05, 0) is 26.0 Å². The molecular weight excluding hydrogens is 232 g/mol. The summed E-state index contributed by atoms with van der Waals surface area (Å²) in [5.74, 6) is 0. The van der Waals surface area contributed by atoms with Gasteiger partial charge in [0.15, 0.2) is 0 Å². The van der Waals surface area contributed by atoms with Gasteiger partial charge in [0.05, 0.1) is 5.69 Å². The lowest BCUT2D eigenvalue weighted by Crippen LogP contribution is -2.19. The highest BCUT2D eigenvalue weighted by Gasteiger charge is 2.10. The third kappa shape index (κ3) is 3.08. The molecule has 4 nitrogen and oxygen atoms in total. The van der Waals surface area contributed by atoms with Crippen LogP contribution in [0.5, 0.6) is 0 Å². The number of aromatic nitrogens is 3. The first kappa shape index (κ1) is 12.1. The standard InChI is InChI=1S/C12H16N4S/c1-3-5-14-9(2)11-7-17-12(16-11)10-4-6-13-8-15-10/h4,6-9,14H,3,5H2,1-2H3. The summed E-state index contributed by atoms with van der Waals surface area (Å²) in [6.07, 6.45) is 4.42. The van der Waals surface area contributed by atoms with E-state index >= 15 is 0 Å². The second-order valence-electron chi connectivity index (χ2n) is 3.85. The van der Waals surface area contributed by atoms with E-state index in [1.54, 1.807) is 23.9 Å². The van der Waals surface area contributed by atoms with Crippen molar-refractivity contribution < 1.29 is 0 Å². The number of nitrogens with one attached hydrogen (secondary N) is 1. The Balaban J connectivity index is 2.11. The molecule has 0 aliphatic carbocycles. The third-order valence-corrected chi connectivity index (χ3v) is 3.35. The fourth-order valence-corrected chi connectivity index (χ4v) is 2.37. The lowest BCUT2D eigenvalue weighted by atomic mass is 10.2. The van der Waals surface area contributed by atoms with Crippen molar-refractivity contribution in [1.82, 2.24) is 20.3 Å². The quantitative estimate of drug-likeness (QED) is 0.883. The van der Waals surface area contributed by atoms with E-state index in [0.29, 0.717) is 6.04 Å². The van der Waals surface area contributed by atoms with Crippen molar-refractivity contribution in [2.24, 2.45) is 0 Å². The minimum absolute atomic E-state index is 0.293. The number of nitrogens with zero attached hydrogens (tertiary/aromatic N) is 3. The van der Waals surface area contributed by atoms with Gasteiger partial charge < -0.3 is 5.32 Å². The van der Waals surface area contributed by atoms with Crippen molar-refractivity contribution in [2.45, 2.75) is 26.3 Å². The van der Waals surface area contributed by atoms with E-state index in [0.717, 1.165) is 29.4 Å². The molecule has 0 amide bonds. The molecule has 1 N–H and O–H groups in total. The maximum atomic E-state index is 4.60. The van der Waals surface area contributed by atoms with Gasteiger partial charge in [0.1, 0.15) is 17.0 Å². The summed E-state index contributed by atoms with van der Waals surface area (Å²) in [5.41, 5.74) is 1.97. The molecule has 90 valence electrons. The highest BCUT2D eigenvalue weighted by molar-refractivity contribution is 7.13. The molecule has 17 heavy (non-hydrogen) atoms. The van der Waals surface area contributed by atoms with Gasteiger partial charge in [0, 0.05) is 17.6 Å². The normalized spacial score (nSPS) is 12.6. The zero-order valence-electron chi connectivity index (χ0n) is 10.1. The van der Waals surface area contributed by atoms with Crippen LogP contribution in [-0.4, -0.2) is 21.5 Å². The second kappa shape index (κ2) is 5.84. The van der Waals surface area contributed by atoms with Gasteiger partial charge in [-0.25, -0.2) is 15.0 Å². The van der Waals surface area contributed by atoms with Crippen LogP contribution in [0.1, 0.15) is 32.0 Å². The van der Waals surface area contributed by atoms with E-state index in [-0.39, 0.29) is 0 Å². The Kier molecular flexibility index (Phi) is 4.17. The number of hydrogen-bond acceptors (Lipinski definition) is 5. The van der Waals surface area contributed by atoms with E-state index in [9.17, 15) is 0 Å². The van der Waals surface area contributed by atoms with Crippen molar-refractivity contribution in [1.29, 1.82) is 0 Å². The molecule has 0 spiro atoms. The van der Waals surface area contributed by atoms with Crippen molar-refractivity contribution >= 4 is 11.3 Å². The van der Waals surface area contributed by atoms with E-state index in [2.05, 4.69) is 39.5 Å². The van der Waals surface area contributed by atoms with Gasteiger partial charge in [-0.15, -0.1) is 11.3 Å². The summed E-state index contributed by atoms with van der Waals surface area (Å²) in [6, 6.07) is 2.18.